The maximum atomic E-state index is 13.6. The van der Waals surface area contributed by atoms with Crippen LogP contribution in [-0.2, 0) is 16.8 Å². The molecule has 0 aliphatic carbocycles. The van der Waals surface area contributed by atoms with Crippen molar-refractivity contribution in [3.63, 3.8) is 0 Å². The van der Waals surface area contributed by atoms with Gasteiger partial charge in [0.25, 0.3) is 5.91 Å². The van der Waals surface area contributed by atoms with Crippen molar-refractivity contribution in [2.75, 3.05) is 11.4 Å². The molecule has 0 radical (unpaired) electrons. The molecule has 0 fully saturated rings. The van der Waals surface area contributed by atoms with E-state index >= 15 is 0 Å². The Bertz CT molecular complexity index is 937. The molecule has 1 aliphatic rings. The number of fused-ring (bicyclic) bond motifs is 1. The van der Waals surface area contributed by atoms with E-state index in [1.54, 1.807) is 9.58 Å². The van der Waals surface area contributed by atoms with Crippen LogP contribution >= 0.6 is 0 Å². The van der Waals surface area contributed by atoms with Crippen LogP contribution in [0.5, 0.6) is 0 Å². The maximum absolute atomic E-state index is 13.6. The summed E-state index contributed by atoms with van der Waals surface area (Å²) in [5.41, 5.74) is 1.93. The molecule has 2 aromatic rings. The first-order valence-corrected chi connectivity index (χ1v) is 10.7. The normalized spacial score (nSPS) is 19.2. The number of carbonyl (C=O) groups is 2. The molecule has 6 nitrogen and oxygen atoms in total. The smallest absolute Gasteiger partial charge is 0.277 e. The lowest BCUT2D eigenvalue weighted by atomic mass is 9.91. The average Bonchev–Trinajstić information content (AvgIpc) is 3.07. The van der Waals surface area contributed by atoms with Gasteiger partial charge in [-0.2, -0.15) is 5.10 Å². The minimum Gasteiger partial charge on any atom is -0.354 e. The molecule has 162 valence electrons. The second-order valence-electron chi connectivity index (χ2n) is 10.0. The van der Waals surface area contributed by atoms with Crippen LogP contribution in [0.15, 0.2) is 30.3 Å². The molecule has 6 heteroatoms. The molecule has 1 aliphatic heterocycles. The second-order valence-corrected chi connectivity index (χ2v) is 10.0. The number of carbonyl (C=O) groups excluding carboxylic acids is 2. The third kappa shape index (κ3) is 4.13. The van der Waals surface area contributed by atoms with Gasteiger partial charge in [-0.15, -0.1) is 0 Å². The number of anilines is 1. The SMILES string of the molecule is Cc1ccc(N2C(=O)c3cc(C(C)(C)C)nn3C[C@@]2(C)C(=O)NCCC(C)C)cc1. The molecule has 30 heavy (non-hydrogen) atoms. The first-order valence-electron chi connectivity index (χ1n) is 10.7. The van der Waals surface area contributed by atoms with Gasteiger partial charge in [0.15, 0.2) is 0 Å². The van der Waals surface area contributed by atoms with E-state index in [0.29, 0.717) is 24.7 Å². The fourth-order valence-electron chi connectivity index (χ4n) is 3.71. The topological polar surface area (TPSA) is 67.2 Å². The highest BCUT2D eigenvalue weighted by atomic mass is 16.2. The molecular formula is C24H34N4O2. The standard InChI is InChI=1S/C24H34N4O2/c1-16(2)12-13-25-22(30)24(7)15-27-19(14-20(26-27)23(4,5)6)21(29)28(24)18-10-8-17(3)9-11-18/h8-11,14,16H,12-13,15H2,1-7H3,(H,25,30)/t24-/m0/s1. The number of aromatic nitrogens is 2. The van der Waals surface area contributed by atoms with E-state index in [-0.39, 0.29) is 17.2 Å². The van der Waals surface area contributed by atoms with Gasteiger partial charge in [-0.25, -0.2) is 0 Å². The molecule has 2 heterocycles. The lowest BCUT2D eigenvalue weighted by molar-refractivity contribution is -0.126. The quantitative estimate of drug-likeness (QED) is 0.808. The average molecular weight is 411 g/mol. The molecule has 1 aromatic heterocycles. The largest absolute Gasteiger partial charge is 0.354 e. The molecule has 2 amide bonds. The summed E-state index contributed by atoms with van der Waals surface area (Å²) in [7, 11) is 0. The van der Waals surface area contributed by atoms with E-state index in [9.17, 15) is 9.59 Å². The third-order valence-electron chi connectivity index (χ3n) is 5.71. The Kier molecular flexibility index (Phi) is 5.81. The summed E-state index contributed by atoms with van der Waals surface area (Å²) in [5, 5.41) is 7.74. The lowest BCUT2D eigenvalue weighted by Crippen LogP contribution is -2.64. The van der Waals surface area contributed by atoms with Crippen molar-refractivity contribution in [2.45, 2.75) is 72.4 Å². The highest BCUT2D eigenvalue weighted by molar-refractivity contribution is 6.11. The number of amides is 2. The van der Waals surface area contributed by atoms with Crippen molar-refractivity contribution in [3.8, 4) is 0 Å². The van der Waals surface area contributed by atoms with Gasteiger partial charge < -0.3 is 5.32 Å². The van der Waals surface area contributed by atoms with Crippen LogP contribution in [0.1, 0.15) is 69.7 Å². The second kappa shape index (κ2) is 7.89. The van der Waals surface area contributed by atoms with Crippen LogP contribution in [0.3, 0.4) is 0 Å². The van der Waals surface area contributed by atoms with Crippen LogP contribution in [0.2, 0.25) is 0 Å². The number of nitrogens with one attached hydrogen (secondary N) is 1. The predicted molar refractivity (Wildman–Crippen MR) is 120 cm³/mol. The summed E-state index contributed by atoms with van der Waals surface area (Å²) in [6.45, 7) is 15.2. The molecule has 1 N–H and O–H groups in total. The van der Waals surface area contributed by atoms with Crippen LogP contribution < -0.4 is 10.2 Å². The van der Waals surface area contributed by atoms with Gasteiger partial charge in [0.1, 0.15) is 11.2 Å². The van der Waals surface area contributed by atoms with Gasteiger partial charge in [0, 0.05) is 17.6 Å². The summed E-state index contributed by atoms with van der Waals surface area (Å²) in [4.78, 5) is 28.6. The van der Waals surface area contributed by atoms with E-state index in [4.69, 9.17) is 5.10 Å². The maximum Gasteiger partial charge on any atom is 0.277 e. The summed E-state index contributed by atoms with van der Waals surface area (Å²) < 4.78 is 1.70. The molecule has 0 bridgehead atoms. The van der Waals surface area contributed by atoms with Gasteiger partial charge in [0.2, 0.25) is 5.91 Å². The van der Waals surface area contributed by atoms with Gasteiger partial charge in [0.05, 0.1) is 12.2 Å². The van der Waals surface area contributed by atoms with Crippen molar-refractivity contribution >= 4 is 17.5 Å². The molecule has 0 spiro atoms. The van der Waals surface area contributed by atoms with E-state index in [1.807, 2.05) is 44.2 Å². The minimum absolute atomic E-state index is 0.157. The van der Waals surface area contributed by atoms with Gasteiger partial charge >= 0.3 is 0 Å². The molecule has 1 aromatic carbocycles. The Morgan fingerprint density at radius 3 is 2.43 bits per heavy atom. The Morgan fingerprint density at radius 1 is 1.23 bits per heavy atom. The van der Waals surface area contributed by atoms with Crippen LogP contribution in [0, 0.1) is 12.8 Å². The highest BCUT2D eigenvalue weighted by Gasteiger charge is 2.49. The zero-order valence-electron chi connectivity index (χ0n) is 19.2. The van der Waals surface area contributed by atoms with Crippen molar-refractivity contribution in [2.24, 2.45) is 5.92 Å². The van der Waals surface area contributed by atoms with Crippen LogP contribution in [-0.4, -0.2) is 33.7 Å². The summed E-state index contributed by atoms with van der Waals surface area (Å²) in [6, 6.07) is 9.60. The Morgan fingerprint density at radius 2 is 1.87 bits per heavy atom. The minimum atomic E-state index is -1.07. The van der Waals surface area contributed by atoms with E-state index in [0.717, 1.165) is 23.4 Å². The molecule has 0 saturated carbocycles. The zero-order chi connectivity index (χ0) is 22.3. The van der Waals surface area contributed by atoms with E-state index in [1.165, 1.54) is 0 Å². The van der Waals surface area contributed by atoms with Crippen molar-refractivity contribution in [3.05, 3.63) is 47.3 Å². The molecule has 0 unspecified atom stereocenters. The Balaban J connectivity index is 2.05. The summed E-state index contributed by atoms with van der Waals surface area (Å²) in [5.74, 6) is 0.136. The fourth-order valence-corrected chi connectivity index (χ4v) is 3.71. The monoisotopic (exact) mass is 410 g/mol. The third-order valence-corrected chi connectivity index (χ3v) is 5.71. The number of rotatable bonds is 5. The van der Waals surface area contributed by atoms with Gasteiger partial charge in [-0.05, 0) is 44.4 Å². The molecular weight excluding hydrogens is 376 g/mol. The number of benzene rings is 1. The van der Waals surface area contributed by atoms with Gasteiger partial charge in [-0.3, -0.25) is 19.2 Å². The molecule has 3 rings (SSSR count). The number of hydrogen-bond acceptors (Lipinski definition) is 3. The number of aryl methyl sites for hydroxylation is 1. The van der Waals surface area contributed by atoms with E-state index < -0.39 is 5.54 Å². The molecule has 0 saturated heterocycles. The van der Waals surface area contributed by atoms with Crippen LogP contribution in [0.25, 0.3) is 0 Å². The van der Waals surface area contributed by atoms with Crippen LogP contribution in [0.4, 0.5) is 5.69 Å². The first-order chi connectivity index (χ1) is 13.9. The fraction of sp³-hybridized carbons (Fsp3) is 0.542. The first kappa shape index (κ1) is 22.1. The van der Waals surface area contributed by atoms with Crippen molar-refractivity contribution in [1.29, 1.82) is 0 Å². The van der Waals surface area contributed by atoms with Gasteiger partial charge in [-0.1, -0.05) is 52.3 Å². The summed E-state index contributed by atoms with van der Waals surface area (Å²) in [6.07, 6.45) is 0.890. The number of nitrogens with zero attached hydrogens (tertiary/aromatic N) is 3. The highest BCUT2D eigenvalue weighted by Crippen LogP contribution is 2.34. The Hall–Kier alpha value is -2.63. The lowest BCUT2D eigenvalue weighted by Gasteiger charge is -2.43. The summed E-state index contributed by atoms with van der Waals surface area (Å²) >= 11 is 0. The van der Waals surface area contributed by atoms with Crippen molar-refractivity contribution in [1.82, 2.24) is 15.1 Å². The predicted octanol–water partition coefficient (Wildman–Crippen LogP) is 4.07. The van der Waals surface area contributed by atoms with Crippen molar-refractivity contribution < 1.29 is 9.59 Å². The zero-order valence-corrected chi connectivity index (χ0v) is 19.2. The molecule has 1 atom stereocenters. The van der Waals surface area contributed by atoms with E-state index in [2.05, 4.69) is 39.9 Å². The Labute approximate surface area is 179 Å². The number of hydrogen-bond donors (Lipinski definition) is 1.